The van der Waals surface area contributed by atoms with Crippen LogP contribution in [-0.2, 0) is 6.54 Å². The highest BCUT2D eigenvalue weighted by molar-refractivity contribution is 6.21. The van der Waals surface area contributed by atoms with Gasteiger partial charge < -0.3 is 10.1 Å². The monoisotopic (exact) mass is 374 g/mol. The minimum atomic E-state index is -0.389. The Morgan fingerprint density at radius 1 is 0.929 bits per heavy atom. The van der Waals surface area contributed by atoms with Gasteiger partial charge in [0.05, 0.1) is 18.2 Å². The van der Waals surface area contributed by atoms with Gasteiger partial charge in [0.2, 0.25) is 0 Å². The van der Waals surface area contributed by atoms with Crippen LogP contribution in [0.25, 0.3) is 10.8 Å². The smallest absolute Gasteiger partial charge is 0.261 e. The molecule has 3 aromatic carbocycles. The SMILES string of the molecule is COc1ccc2cc(CNC(=O)c3ccc4c(c3)C(=O)N(C)C4=O)ccc2c1. The van der Waals surface area contributed by atoms with Crippen molar-refractivity contribution in [3.8, 4) is 5.75 Å². The van der Waals surface area contributed by atoms with E-state index < -0.39 is 0 Å². The Labute approximate surface area is 161 Å². The summed E-state index contributed by atoms with van der Waals surface area (Å²) in [4.78, 5) is 37.6. The van der Waals surface area contributed by atoms with E-state index >= 15 is 0 Å². The van der Waals surface area contributed by atoms with Crippen molar-refractivity contribution in [2.75, 3.05) is 14.2 Å². The maximum absolute atomic E-state index is 12.5. The van der Waals surface area contributed by atoms with Crippen molar-refractivity contribution >= 4 is 28.5 Å². The number of carbonyl (C=O) groups excluding carboxylic acids is 3. The zero-order valence-electron chi connectivity index (χ0n) is 15.5. The summed E-state index contributed by atoms with van der Waals surface area (Å²) in [6.07, 6.45) is 0. The Balaban J connectivity index is 1.50. The Kier molecular flexibility index (Phi) is 4.31. The van der Waals surface area contributed by atoms with Crippen LogP contribution in [0.15, 0.2) is 54.6 Å². The van der Waals surface area contributed by atoms with Gasteiger partial charge in [-0.05, 0) is 52.7 Å². The topological polar surface area (TPSA) is 75.7 Å². The summed E-state index contributed by atoms with van der Waals surface area (Å²) >= 11 is 0. The molecule has 1 N–H and O–H groups in total. The molecular formula is C22H18N2O4. The van der Waals surface area contributed by atoms with Crippen molar-refractivity contribution in [3.63, 3.8) is 0 Å². The number of hydrogen-bond donors (Lipinski definition) is 1. The number of carbonyl (C=O) groups is 3. The van der Waals surface area contributed by atoms with Gasteiger partial charge in [-0.25, -0.2) is 0 Å². The van der Waals surface area contributed by atoms with E-state index in [0.29, 0.717) is 17.7 Å². The number of imide groups is 1. The number of benzene rings is 3. The summed E-state index contributed by atoms with van der Waals surface area (Å²) < 4.78 is 5.23. The number of ether oxygens (including phenoxy) is 1. The van der Waals surface area contributed by atoms with Crippen molar-refractivity contribution in [1.82, 2.24) is 10.2 Å². The van der Waals surface area contributed by atoms with Crippen LogP contribution in [0.4, 0.5) is 0 Å². The second-order valence-electron chi connectivity index (χ2n) is 6.66. The fourth-order valence-electron chi connectivity index (χ4n) is 3.30. The molecule has 3 amide bonds. The van der Waals surface area contributed by atoms with Crippen LogP contribution in [-0.4, -0.2) is 36.8 Å². The summed E-state index contributed by atoms with van der Waals surface area (Å²) in [7, 11) is 3.06. The molecule has 0 radical (unpaired) electrons. The van der Waals surface area contributed by atoms with Gasteiger partial charge in [0.15, 0.2) is 0 Å². The maximum Gasteiger partial charge on any atom is 0.261 e. The number of nitrogens with one attached hydrogen (secondary N) is 1. The first kappa shape index (κ1) is 17.7. The third-order valence-corrected chi connectivity index (χ3v) is 4.92. The highest BCUT2D eigenvalue weighted by Crippen LogP contribution is 2.23. The molecule has 0 aliphatic carbocycles. The quantitative estimate of drug-likeness (QED) is 0.713. The molecule has 0 saturated carbocycles. The molecule has 0 aromatic heterocycles. The van der Waals surface area contributed by atoms with Gasteiger partial charge in [0.25, 0.3) is 17.7 Å². The van der Waals surface area contributed by atoms with Crippen molar-refractivity contribution in [1.29, 1.82) is 0 Å². The lowest BCUT2D eigenvalue weighted by atomic mass is 10.0. The Morgan fingerprint density at radius 2 is 1.64 bits per heavy atom. The summed E-state index contributed by atoms with van der Waals surface area (Å²) in [6, 6.07) is 16.3. The van der Waals surface area contributed by atoms with Crippen LogP contribution in [0.5, 0.6) is 5.75 Å². The molecule has 1 aliphatic rings. The van der Waals surface area contributed by atoms with Crippen molar-refractivity contribution in [3.05, 3.63) is 76.9 Å². The first-order valence-electron chi connectivity index (χ1n) is 8.79. The van der Waals surface area contributed by atoms with E-state index in [1.165, 1.54) is 19.2 Å². The van der Waals surface area contributed by atoms with Gasteiger partial charge in [-0.3, -0.25) is 19.3 Å². The van der Waals surface area contributed by atoms with E-state index in [1.54, 1.807) is 13.2 Å². The summed E-state index contributed by atoms with van der Waals surface area (Å²) in [5.74, 6) is -0.240. The van der Waals surface area contributed by atoms with Gasteiger partial charge in [-0.2, -0.15) is 0 Å². The average Bonchev–Trinajstić information content (AvgIpc) is 2.95. The molecule has 140 valence electrons. The van der Waals surface area contributed by atoms with Gasteiger partial charge >= 0.3 is 0 Å². The van der Waals surface area contributed by atoms with Crippen LogP contribution >= 0.6 is 0 Å². The minimum Gasteiger partial charge on any atom is -0.497 e. The zero-order valence-corrected chi connectivity index (χ0v) is 15.5. The molecule has 28 heavy (non-hydrogen) atoms. The van der Waals surface area contributed by atoms with E-state index in [4.69, 9.17) is 4.74 Å². The molecule has 0 saturated heterocycles. The summed E-state index contributed by atoms with van der Waals surface area (Å²) in [6.45, 7) is 0.352. The zero-order chi connectivity index (χ0) is 19.8. The average molecular weight is 374 g/mol. The normalized spacial score (nSPS) is 13.0. The molecule has 6 heteroatoms. The number of amides is 3. The first-order chi connectivity index (χ1) is 13.5. The Hall–Kier alpha value is -3.67. The van der Waals surface area contributed by atoms with E-state index in [9.17, 15) is 14.4 Å². The maximum atomic E-state index is 12.5. The van der Waals surface area contributed by atoms with E-state index in [-0.39, 0.29) is 23.3 Å². The fourth-order valence-corrected chi connectivity index (χ4v) is 3.30. The molecular weight excluding hydrogens is 356 g/mol. The Morgan fingerprint density at radius 3 is 2.43 bits per heavy atom. The van der Waals surface area contributed by atoms with Crippen LogP contribution < -0.4 is 10.1 Å². The Bertz CT molecular complexity index is 1140. The lowest BCUT2D eigenvalue weighted by Gasteiger charge is -2.08. The largest absolute Gasteiger partial charge is 0.497 e. The van der Waals surface area contributed by atoms with Gasteiger partial charge in [0, 0.05) is 19.2 Å². The number of methoxy groups -OCH3 is 1. The van der Waals surface area contributed by atoms with Crippen LogP contribution in [0.3, 0.4) is 0 Å². The first-order valence-corrected chi connectivity index (χ1v) is 8.79. The van der Waals surface area contributed by atoms with E-state index in [1.807, 2.05) is 36.4 Å². The molecule has 1 heterocycles. The second kappa shape index (κ2) is 6.81. The van der Waals surface area contributed by atoms with Gasteiger partial charge in [-0.1, -0.05) is 18.2 Å². The third kappa shape index (κ3) is 2.99. The summed E-state index contributed by atoms with van der Waals surface area (Å²) in [5, 5.41) is 4.97. The molecule has 4 rings (SSSR count). The van der Waals surface area contributed by atoms with Crippen molar-refractivity contribution in [2.24, 2.45) is 0 Å². The highest BCUT2D eigenvalue weighted by atomic mass is 16.5. The van der Waals surface area contributed by atoms with Crippen LogP contribution in [0.1, 0.15) is 36.6 Å². The summed E-state index contributed by atoms with van der Waals surface area (Å²) in [5.41, 5.74) is 1.90. The van der Waals surface area contributed by atoms with Gasteiger partial charge in [0.1, 0.15) is 5.75 Å². The number of fused-ring (bicyclic) bond motifs is 2. The molecule has 0 bridgehead atoms. The molecule has 6 nitrogen and oxygen atoms in total. The minimum absolute atomic E-state index is 0.264. The fraction of sp³-hybridized carbons (Fsp3) is 0.136. The predicted molar refractivity (Wildman–Crippen MR) is 105 cm³/mol. The van der Waals surface area contributed by atoms with Gasteiger partial charge in [-0.15, -0.1) is 0 Å². The van der Waals surface area contributed by atoms with Crippen molar-refractivity contribution < 1.29 is 19.1 Å². The number of nitrogens with zero attached hydrogens (tertiary/aromatic N) is 1. The van der Waals surface area contributed by atoms with E-state index in [0.717, 1.165) is 27.0 Å². The molecule has 0 spiro atoms. The number of hydrogen-bond acceptors (Lipinski definition) is 4. The van der Waals surface area contributed by atoms with Crippen LogP contribution in [0.2, 0.25) is 0 Å². The molecule has 0 fully saturated rings. The predicted octanol–water partition coefficient (Wildman–Crippen LogP) is 3.00. The lowest BCUT2D eigenvalue weighted by molar-refractivity contribution is 0.0693. The van der Waals surface area contributed by atoms with E-state index in [2.05, 4.69) is 5.32 Å². The van der Waals surface area contributed by atoms with Crippen molar-refractivity contribution in [2.45, 2.75) is 6.54 Å². The highest BCUT2D eigenvalue weighted by Gasteiger charge is 2.33. The third-order valence-electron chi connectivity index (χ3n) is 4.92. The van der Waals surface area contributed by atoms with Crippen LogP contribution in [0, 0.1) is 0 Å². The standard InChI is InChI=1S/C22H18N2O4/c1-24-21(26)18-8-6-16(11-19(18)22(24)27)20(25)23-12-13-3-4-15-10-17(28-2)7-5-14(15)9-13/h3-11H,12H2,1-2H3,(H,23,25). The lowest BCUT2D eigenvalue weighted by Crippen LogP contribution is -2.24. The number of rotatable bonds is 4. The molecule has 0 unspecified atom stereocenters. The second-order valence-corrected chi connectivity index (χ2v) is 6.66. The molecule has 1 aliphatic heterocycles. The molecule has 0 atom stereocenters. The molecule has 3 aromatic rings.